The van der Waals surface area contributed by atoms with Gasteiger partial charge in [0.05, 0.1) is 7.11 Å². The van der Waals surface area contributed by atoms with E-state index in [9.17, 15) is 4.79 Å². The lowest BCUT2D eigenvalue weighted by Crippen LogP contribution is -2.38. The number of hydrogen-bond donors (Lipinski definition) is 0. The van der Waals surface area contributed by atoms with Crippen LogP contribution in [-0.2, 0) is 11.2 Å². The smallest absolute Gasteiger partial charge is 0.222 e. The number of carbonyl (C=O) groups is 1. The fourth-order valence-corrected chi connectivity index (χ4v) is 2.87. The Hall–Kier alpha value is -1.77. The van der Waals surface area contributed by atoms with Crippen LogP contribution >= 0.6 is 0 Å². The largest absolute Gasteiger partial charge is 0.497 e. The molecule has 0 bridgehead atoms. The number of piperidine rings is 1. The molecule has 0 saturated carbocycles. The lowest BCUT2D eigenvalue weighted by atomic mass is 9.90. The van der Waals surface area contributed by atoms with Crippen molar-refractivity contribution >= 4 is 5.91 Å². The van der Waals surface area contributed by atoms with Crippen LogP contribution in [-0.4, -0.2) is 31.0 Å². The third kappa shape index (κ3) is 4.62. The molecule has 1 fully saturated rings. The van der Waals surface area contributed by atoms with Crippen molar-refractivity contribution in [3.63, 3.8) is 0 Å². The maximum atomic E-state index is 12.0. The van der Waals surface area contributed by atoms with E-state index in [1.807, 2.05) is 23.1 Å². The molecule has 2 rings (SSSR count). The van der Waals surface area contributed by atoms with Crippen molar-refractivity contribution in [2.24, 2.45) is 5.92 Å². The molecule has 21 heavy (non-hydrogen) atoms. The van der Waals surface area contributed by atoms with Crippen LogP contribution in [0, 0.1) is 5.92 Å². The molecule has 0 aromatic heterocycles. The number of amides is 1. The van der Waals surface area contributed by atoms with Crippen molar-refractivity contribution in [1.82, 2.24) is 4.90 Å². The zero-order valence-electron chi connectivity index (χ0n) is 12.9. The Morgan fingerprint density at radius 2 is 2.00 bits per heavy atom. The number of likely N-dealkylation sites (tertiary alicyclic amines) is 1. The quantitative estimate of drug-likeness (QED) is 0.750. The molecule has 1 heterocycles. The third-order valence-electron chi connectivity index (χ3n) is 4.21. The predicted octanol–water partition coefficient (Wildman–Crippen LogP) is 3.44. The van der Waals surface area contributed by atoms with Gasteiger partial charge >= 0.3 is 0 Å². The fourth-order valence-electron chi connectivity index (χ4n) is 2.87. The van der Waals surface area contributed by atoms with E-state index in [1.54, 1.807) is 7.11 Å². The van der Waals surface area contributed by atoms with E-state index in [0.29, 0.717) is 12.3 Å². The highest BCUT2D eigenvalue weighted by molar-refractivity contribution is 5.76. The van der Waals surface area contributed by atoms with Crippen LogP contribution in [0.3, 0.4) is 0 Å². The van der Waals surface area contributed by atoms with Crippen LogP contribution in [0.5, 0.6) is 5.75 Å². The number of carbonyl (C=O) groups excluding carboxylic acids is 1. The van der Waals surface area contributed by atoms with E-state index in [2.05, 4.69) is 18.7 Å². The summed E-state index contributed by atoms with van der Waals surface area (Å²) in [7, 11) is 1.69. The van der Waals surface area contributed by atoms with E-state index in [0.717, 1.165) is 44.5 Å². The fraction of sp³-hybridized carbons (Fsp3) is 0.500. The normalized spacial score (nSPS) is 15.8. The Balaban J connectivity index is 1.78. The van der Waals surface area contributed by atoms with Crippen molar-refractivity contribution < 1.29 is 9.53 Å². The zero-order chi connectivity index (χ0) is 15.1. The summed E-state index contributed by atoms with van der Waals surface area (Å²) in [6, 6.07) is 8.31. The maximum absolute atomic E-state index is 12.0. The summed E-state index contributed by atoms with van der Waals surface area (Å²) in [4.78, 5) is 14.0. The molecule has 1 aromatic rings. The average molecular weight is 287 g/mol. The SMILES string of the molecule is C=CCCC(=O)N1CCC(Cc2ccc(OC)cc2)CC1. The van der Waals surface area contributed by atoms with E-state index in [4.69, 9.17) is 4.74 Å². The van der Waals surface area contributed by atoms with Gasteiger partial charge in [0.25, 0.3) is 0 Å². The van der Waals surface area contributed by atoms with Crippen molar-refractivity contribution in [3.8, 4) is 5.75 Å². The summed E-state index contributed by atoms with van der Waals surface area (Å²) in [6.07, 6.45) is 6.50. The first-order valence-corrected chi connectivity index (χ1v) is 7.74. The molecule has 1 aliphatic rings. The topological polar surface area (TPSA) is 29.5 Å². The number of methoxy groups -OCH3 is 1. The number of ether oxygens (including phenoxy) is 1. The van der Waals surface area contributed by atoms with E-state index < -0.39 is 0 Å². The van der Waals surface area contributed by atoms with Gasteiger partial charge in [0.1, 0.15) is 5.75 Å². The Labute approximate surface area is 127 Å². The molecule has 0 unspecified atom stereocenters. The molecule has 3 nitrogen and oxygen atoms in total. The van der Waals surface area contributed by atoms with Gasteiger partial charge in [-0.1, -0.05) is 18.2 Å². The van der Waals surface area contributed by atoms with Crippen LogP contribution in [0.25, 0.3) is 0 Å². The molecule has 114 valence electrons. The van der Waals surface area contributed by atoms with Gasteiger partial charge in [-0.3, -0.25) is 4.79 Å². The van der Waals surface area contributed by atoms with Gasteiger partial charge in [0.15, 0.2) is 0 Å². The van der Waals surface area contributed by atoms with Gasteiger partial charge in [-0.05, 0) is 49.3 Å². The minimum Gasteiger partial charge on any atom is -0.497 e. The van der Waals surface area contributed by atoms with E-state index >= 15 is 0 Å². The summed E-state index contributed by atoms with van der Waals surface area (Å²) in [5.41, 5.74) is 1.35. The molecule has 3 heteroatoms. The second-order valence-corrected chi connectivity index (χ2v) is 5.70. The average Bonchev–Trinajstić information content (AvgIpc) is 2.54. The Bertz CT molecular complexity index is 459. The van der Waals surface area contributed by atoms with Crippen molar-refractivity contribution in [2.45, 2.75) is 32.1 Å². The molecule has 1 aromatic carbocycles. The molecule has 1 amide bonds. The summed E-state index contributed by atoms with van der Waals surface area (Å²) in [5, 5.41) is 0. The van der Waals surface area contributed by atoms with Crippen molar-refractivity contribution in [2.75, 3.05) is 20.2 Å². The Kier molecular flexibility index (Phi) is 5.85. The van der Waals surface area contributed by atoms with Crippen molar-refractivity contribution in [3.05, 3.63) is 42.5 Å². The maximum Gasteiger partial charge on any atom is 0.222 e. The van der Waals surface area contributed by atoms with Crippen LogP contribution in [0.1, 0.15) is 31.2 Å². The van der Waals surface area contributed by atoms with Gasteiger partial charge in [-0.25, -0.2) is 0 Å². The molecule has 1 aliphatic heterocycles. The molecule has 0 N–H and O–H groups in total. The van der Waals surface area contributed by atoms with Gasteiger partial charge in [-0.15, -0.1) is 6.58 Å². The van der Waals surface area contributed by atoms with Crippen LogP contribution < -0.4 is 4.74 Å². The van der Waals surface area contributed by atoms with Crippen LogP contribution in [0.15, 0.2) is 36.9 Å². The second-order valence-electron chi connectivity index (χ2n) is 5.70. The second kappa shape index (κ2) is 7.87. The molecule has 1 saturated heterocycles. The number of benzene rings is 1. The number of nitrogens with zero attached hydrogens (tertiary/aromatic N) is 1. The highest BCUT2D eigenvalue weighted by Gasteiger charge is 2.22. The molecule has 0 aliphatic carbocycles. The molecule has 0 spiro atoms. The van der Waals surface area contributed by atoms with E-state index in [-0.39, 0.29) is 5.91 Å². The highest BCUT2D eigenvalue weighted by Crippen LogP contribution is 2.23. The minimum absolute atomic E-state index is 0.276. The lowest BCUT2D eigenvalue weighted by molar-refractivity contribution is -0.132. The summed E-state index contributed by atoms with van der Waals surface area (Å²) in [6.45, 7) is 5.47. The Morgan fingerprint density at radius 3 is 2.57 bits per heavy atom. The van der Waals surface area contributed by atoms with Gasteiger partial charge in [0, 0.05) is 19.5 Å². The predicted molar refractivity (Wildman–Crippen MR) is 85.4 cm³/mol. The molecular formula is C18H25NO2. The van der Waals surface area contributed by atoms with Gasteiger partial charge in [-0.2, -0.15) is 0 Å². The van der Waals surface area contributed by atoms with Gasteiger partial charge in [0.2, 0.25) is 5.91 Å². The number of rotatable bonds is 6. The first kappa shape index (κ1) is 15.6. The van der Waals surface area contributed by atoms with E-state index in [1.165, 1.54) is 5.56 Å². The summed E-state index contributed by atoms with van der Waals surface area (Å²) >= 11 is 0. The first-order valence-electron chi connectivity index (χ1n) is 7.74. The molecular weight excluding hydrogens is 262 g/mol. The third-order valence-corrected chi connectivity index (χ3v) is 4.21. The standard InChI is InChI=1S/C18H25NO2/c1-3-4-5-18(20)19-12-10-16(11-13-19)14-15-6-8-17(21-2)9-7-15/h3,6-9,16H,1,4-5,10-14H2,2H3. The molecule has 0 radical (unpaired) electrons. The van der Waals surface area contributed by atoms with Crippen LogP contribution in [0.2, 0.25) is 0 Å². The summed E-state index contributed by atoms with van der Waals surface area (Å²) < 4.78 is 5.18. The molecule has 0 atom stereocenters. The summed E-state index contributed by atoms with van der Waals surface area (Å²) in [5.74, 6) is 1.86. The van der Waals surface area contributed by atoms with Crippen LogP contribution in [0.4, 0.5) is 0 Å². The Morgan fingerprint density at radius 1 is 1.33 bits per heavy atom. The minimum atomic E-state index is 0.276. The first-order chi connectivity index (χ1) is 10.2. The highest BCUT2D eigenvalue weighted by atomic mass is 16.5. The van der Waals surface area contributed by atoms with Crippen molar-refractivity contribution in [1.29, 1.82) is 0 Å². The zero-order valence-corrected chi connectivity index (χ0v) is 12.9. The number of hydrogen-bond acceptors (Lipinski definition) is 2. The van der Waals surface area contributed by atoms with Gasteiger partial charge < -0.3 is 9.64 Å². The lowest BCUT2D eigenvalue weighted by Gasteiger charge is -2.32. The number of allylic oxidation sites excluding steroid dienone is 1. The monoisotopic (exact) mass is 287 g/mol.